The third kappa shape index (κ3) is 10.1. The number of ketones is 2. The van der Waals surface area contributed by atoms with Gasteiger partial charge in [-0.15, -0.1) is 0 Å². The van der Waals surface area contributed by atoms with Gasteiger partial charge in [0.25, 0.3) is 0 Å². The van der Waals surface area contributed by atoms with Gasteiger partial charge in [-0.3, -0.25) is 9.59 Å². The Morgan fingerprint density at radius 1 is 0.500 bits per heavy atom. The van der Waals surface area contributed by atoms with E-state index in [1.54, 1.807) is 0 Å². The predicted octanol–water partition coefficient (Wildman–Crippen LogP) is 11.0. The molecule has 2 aliphatic carbocycles. The molecule has 0 spiro atoms. The van der Waals surface area contributed by atoms with Crippen molar-refractivity contribution in [2.24, 2.45) is 10.8 Å². The van der Waals surface area contributed by atoms with E-state index in [4.69, 9.17) is 0 Å². The zero-order chi connectivity index (χ0) is 31.5. The van der Waals surface area contributed by atoms with Crippen molar-refractivity contribution in [3.05, 3.63) is 130 Å². The molecule has 0 aromatic heterocycles. The molecule has 0 aliphatic heterocycles. The third-order valence-electron chi connectivity index (χ3n) is 8.41. The predicted molar refractivity (Wildman–Crippen MR) is 182 cm³/mol. The van der Waals surface area contributed by atoms with Gasteiger partial charge in [0.2, 0.25) is 0 Å². The van der Waals surface area contributed by atoms with Gasteiger partial charge in [0.15, 0.2) is 0 Å². The van der Waals surface area contributed by atoms with Crippen molar-refractivity contribution >= 4 is 11.6 Å². The van der Waals surface area contributed by atoms with Crippen molar-refractivity contribution in [1.82, 2.24) is 0 Å². The van der Waals surface area contributed by atoms with Gasteiger partial charge in [0.05, 0.1) is 0 Å². The molecule has 0 fully saturated rings. The topological polar surface area (TPSA) is 34.1 Å². The molecule has 0 aromatic carbocycles. The van der Waals surface area contributed by atoms with Crippen LogP contribution in [-0.4, -0.2) is 11.6 Å². The summed E-state index contributed by atoms with van der Waals surface area (Å²) in [4.78, 5) is 24.7. The normalized spacial score (nSPS) is 21.6. The van der Waals surface area contributed by atoms with E-state index < -0.39 is 10.8 Å². The van der Waals surface area contributed by atoms with Gasteiger partial charge in [-0.1, -0.05) is 119 Å². The second kappa shape index (κ2) is 15.6. The molecule has 0 atom stereocenters. The minimum Gasteiger partial charge on any atom is -0.299 e. The van der Waals surface area contributed by atoms with E-state index in [0.717, 1.165) is 46.3 Å². The summed E-state index contributed by atoms with van der Waals surface area (Å²) in [5.41, 5.74) is 8.76. The van der Waals surface area contributed by atoms with Crippen LogP contribution < -0.4 is 0 Å². The minimum atomic E-state index is -0.400. The fourth-order valence-electron chi connectivity index (χ4n) is 5.33. The van der Waals surface area contributed by atoms with E-state index in [-0.39, 0.29) is 0 Å². The standard InChI is InChI=1S/C40H52O2/c1-29(17-13-19-31(3)21-25-35-33(5)23-27-37(41)39(35,7)8)15-11-12-16-30(2)18-14-20-32(4)22-26-36-34(6)24-28-38(42)40(36,9)10/h11-22,25-26H,23-24,27-28H2,1-10H3/b12-11+,17-13+,18-14?,25-21+,26-22?,29-15+,30-16?,31-19+,32-20?. The molecule has 224 valence electrons. The maximum absolute atomic E-state index is 12.4. The van der Waals surface area contributed by atoms with Gasteiger partial charge in [-0.2, -0.15) is 0 Å². The Morgan fingerprint density at radius 3 is 1.17 bits per heavy atom. The first-order chi connectivity index (χ1) is 19.7. The summed E-state index contributed by atoms with van der Waals surface area (Å²) in [7, 11) is 0. The fourth-order valence-corrected chi connectivity index (χ4v) is 5.33. The van der Waals surface area contributed by atoms with Gasteiger partial charge < -0.3 is 0 Å². The zero-order valence-electron chi connectivity index (χ0n) is 27.7. The number of hydrogen-bond donors (Lipinski definition) is 0. The van der Waals surface area contributed by atoms with Gasteiger partial charge >= 0.3 is 0 Å². The zero-order valence-corrected chi connectivity index (χ0v) is 27.7. The molecule has 42 heavy (non-hydrogen) atoms. The van der Waals surface area contributed by atoms with Crippen molar-refractivity contribution in [2.75, 3.05) is 0 Å². The van der Waals surface area contributed by atoms with Crippen LogP contribution in [-0.2, 0) is 9.59 Å². The molecule has 0 N–H and O–H groups in total. The van der Waals surface area contributed by atoms with Crippen LogP contribution in [0.4, 0.5) is 0 Å². The van der Waals surface area contributed by atoms with Crippen LogP contribution in [0, 0.1) is 10.8 Å². The molecule has 2 rings (SSSR count). The third-order valence-corrected chi connectivity index (χ3v) is 8.41. The monoisotopic (exact) mass is 564 g/mol. The number of carbonyl (C=O) groups excluding carboxylic acids is 2. The molecule has 0 saturated carbocycles. The van der Waals surface area contributed by atoms with Crippen molar-refractivity contribution in [3.8, 4) is 0 Å². The first-order valence-electron chi connectivity index (χ1n) is 15.2. The molecular weight excluding hydrogens is 512 g/mol. The number of Topliss-reactive ketones (excluding diaryl/α,β-unsaturated/α-hetero) is 2. The molecule has 0 radical (unpaired) electrons. The van der Waals surface area contributed by atoms with Crippen molar-refractivity contribution in [3.63, 3.8) is 0 Å². The van der Waals surface area contributed by atoms with Crippen molar-refractivity contribution < 1.29 is 9.59 Å². The number of rotatable bonds is 10. The molecule has 0 aromatic rings. The smallest absolute Gasteiger partial charge is 0.143 e. The van der Waals surface area contributed by atoms with Gasteiger partial charge in [-0.25, -0.2) is 0 Å². The molecule has 0 bridgehead atoms. The Morgan fingerprint density at radius 2 is 0.810 bits per heavy atom. The average molecular weight is 565 g/mol. The Kier molecular flexibility index (Phi) is 12.9. The highest BCUT2D eigenvalue weighted by molar-refractivity contribution is 5.90. The lowest BCUT2D eigenvalue weighted by Crippen LogP contribution is -2.30. The van der Waals surface area contributed by atoms with Gasteiger partial charge in [-0.05, 0) is 93.2 Å². The first kappa shape index (κ1) is 34.7. The Labute approximate surface area is 256 Å². The second-order valence-electron chi connectivity index (χ2n) is 12.9. The molecule has 0 amide bonds. The number of hydrogen-bond acceptors (Lipinski definition) is 2. The van der Waals surface area contributed by atoms with Gasteiger partial charge in [0, 0.05) is 23.7 Å². The van der Waals surface area contributed by atoms with E-state index in [1.807, 2.05) is 27.7 Å². The molecular formula is C40H52O2. The lowest BCUT2D eigenvalue weighted by Gasteiger charge is -2.31. The van der Waals surface area contributed by atoms with Crippen LogP contribution in [0.5, 0.6) is 0 Å². The molecule has 2 aliphatic rings. The second-order valence-corrected chi connectivity index (χ2v) is 12.9. The van der Waals surface area contributed by atoms with Crippen LogP contribution in [0.25, 0.3) is 0 Å². The van der Waals surface area contributed by atoms with Crippen molar-refractivity contribution in [2.45, 2.75) is 94.9 Å². The lowest BCUT2D eigenvalue weighted by atomic mass is 9.71. The van der Waals surface area contributed by atoms with Crippen LogP contribution in [0.15, 0.2) is 130 Å². The van der Waals surface area contributed by atoms with E-state index in [1.165, 1.54) is 11.1 Å². The molecule has 2 nitrogen and oxygen atoms in total. The summed E-state index contributed by atoms with van der Waals surface area (Å²) < 4.78 is 0. The summed E-state index contributed by atoms with van der Waals surface area (Å²) in [6.45, 7) is 20.8. The Balaban J connectivity index is 1.92. The highest BCUT2D eigenvalue weighted by atomic mass is 16.1. The average Bonchev–Trinajstić information content (AvgIpc) is 2.91. The Hall–Kier alpha value is -3.52. The number of allylic oxidation sites excluding steroid dienone is 22. The summed E-state index contributed by atoms with van der Waals surface area (Å²) in [5, 5.41) is 0. The van der Waals surface area contributed by atoms with Gasteiger partial charge in [0.1, 0.15) is 11.6 Å². The van der Waals surface area contributed by atoms with Crippen LogP contribution in [0.1, 0.15) is 94.9 Å². The van der Waals surface area contributed by atoms with Crippen LogP contribution >= 0.6 is 0 Å². The lowest BCUT2D eigenvalue weighted by molar-refractivity contribution is -0.126. The maximum Gasteiger partial charge on any atom is 0.143 e. The summed E-state index contributed by atoms with van der Waals surface area (Å²) in [6, 6.07) is 0. The van der Waals surface area contributed by atoms with E-state index >= 15 is 0 Å². The highest BCUT2D eigenvalue weighted by Gasteiger charge is 2.35. The van der Waals surface area contributed by atoms with Crippen LogP contribution in [0.3, 0.4) is 0 Å². The molecule has 0 saturated heterocycles. The van der Waals surface area contributed by atoms with Crippen LogP contribution in [0.2, 0.25) is 0 Å². The largest absolute Gasteiger partial charge is 0.299 e. The SMILES string of the molecule is CC(C=CC1=C(C)CCC(=O)C1(C)C)=CC=CC(C)=C/C=C/C=C(C)/C=C/C=C(C)/C=C/C1=C(C)CCC(=O)C1(C)C. The Bertz CT molecular complexity index is 1270. The highest BCUT2D eigenvalue weighted by Crippen LogP contribution is 2.39. The minimum absolute atomic E-state index is 0.326. The van der Waals surface area contributed by atoms with E-state index in [0.29, 0.717) is 24.4 Å². The maximum atomic E-state index is 12.4. The quantitative estimate of drug-likeness (QED) is 0.247. The first-order valence-corrected chi connectivity index (χ1v) is 15.2. The fraction of sp³-hybridized carbons (Fsp3) is 0.400. The summed E-state index contributed by atoms with van der Waals surface area (Å²) in [5.74, 6) is 0.651. The molecule has 2 heteroatoms. The summed E-state index contributed by atoms with van der Waals surface area (Å²) in [6.07, 6.45) is 32.3. The summed E-state index contributed by atoms with van der Waals surface area (Å²) >= 11 is 0. The molecule has 0 unspecified atom stereocenters. The molecule has 0 heterocycles. The number of carbonyl (C=O) groups is 2. The van der Waals surface area contributed by atoms with E-state index in [9.17, 15) is 9.59 Å². The van der Waals surface area contributed by atoms with Crippen molar-refractivity contribution in [1.29, 1.82) is 0 Å². The van der Waals surface area contributed by atoms with E-state index in [2.05, 4.69) is 127 Å².